The van der Waals surface area contributed by atoms with E-state index in [4.69, 9.17) is 4.42 Å². The topological polar surface area (TPSA) is 48.6 Å². The minimum Gasteiger partial charge on any atom is -0.467 e. The van der Waals surface area contributed by atoms with Gasteiger partial charge < -0.3 is 14.8 Å². The zero-order valence-corrected chi connectivity index (χ0v) is 12.2. The molecule has 0 amide bonds. The second kappa shape index (κ2) is 6.78. The average Bonchev–Trinajstić information content (AvgIpc) is 3.02. The van der Waals surface area contributed by atoms with Crippen molar-refractivity contribution in [3.8, 4) is 0 Å². The Labute approximate surface area is 125 Å². The molecule has 1 fully saturated rings. The summed E-state index contributed by atoms with van der Waals surface area (Å²) < 4.78 is 5.36. The van der Waals surface area contributed by atoms with E-state index in [0.717, 1.165) is 43.9 Å². The summed E-state index contributed by atoms with van der Waals surface area (Å²) >= 11 is 0. The maximum atomic E-state index is 9.59. The van der Waals surface area contributed by atoms with Gasteiger partial charge in [0.1, 0.15) is 5.76 Å². The smallest absolute Gasteiger partial charge is 0.122 e. The summed E-state index contributed by atoms with van der Waals surface area (Å²) in [5, 5.41) is 13.0. The fraction of sp³-hybridized carbons (Fsp3) is 0.412. The summed E-state index contributed by atoms with van der Waals surface area (Å²) in [6, 6.07) is 12.3. The van der Waals surface area contributed by atoms with Crippen LogP contribution in [0.5, 0.6) is 0 Å². The Morgan fingerprint density at radius 2 is 1.95 bits per heavy atom. The first kappa shape index (κ1) is 14.2. The molecule has 1 aliphatic heterocycles. The van der Waals surface area contributed by atoms with E-state index in [-0.39, 0.29) is 6.10 Å². The number of para-hydroxylation sites is 1. The minimum absolute atomic E-state index is 0.117. The molecule has 0 spiro atoms. The lowest BCUT2D eigenvalue weighted by atomic mass is 10.1. The molecule has 1 aliphatic rings. The molecule has 2 aromatic rings. The van der Waals surface area contributed by atoms with Crippen LogP contribution in [0, 0.1) is 0 Å². The van der Waals surface area contributed by atoms with Crippen LogP contribution >= 0.6 is 0 Å². The third-order valence-electron chi connectivity index (χ3n) is 4.00. The van der Waals surface area contributed by atoms with Crippen LogP contribution in [0.4, 0.5) is 5.69 Å². The lowest BCUT2D eigenvalue weighted by Gasteiger charge is -2.30. The monoisotopic (exact) mass is 286 g/mol. The SMILES string of the molecule is OC1CCN(Cc2ccccc2NCc2ccco2)CC1. The summed E-state index contributed by atoms with van der Waals surface area (Å²) in [6.45, 7) is 3.55. The molecule has 112 valence electrons. The highest BCUT2D eigenvalue weighted by atomic mass is 16.3. The molecule has 0 unspecified atom stereocenters. The molecular formula is C17H22N2O2. The molecule has 2 heterocycles. The van der Waals surface area contributed by atoms with E-state index in [0.29, 0.717) is 6.54 Å². The van der Waals surface area contributed by atoms with Gasteiger partial charge in [0, 0.05) is 25.3 Å². The van der Waals surface area contributed by atoms with Crippen LogP contribution in [0.1, 0.15) is 24.2 Å². The lowest BCUT2D eigenvalue weighted by molar-refractivity contribution is 0.0793. The Morgan fingerprint density at radius 3 is 2.71 bits per heavy atom. The third-order valence-corrected chi connectivity index (χ3v) is 4.00. The first-order chi connectivity index (χ1) is 10.3. The normalized spacial score (nSPS) is 17.0. The van der Waals surface area contributed by atoms with Crippen LogP contribution in [0.2, 0.25) is 0 Å². The largest absolute Gasteiger partial charge is 0.467 e. The molecule has 0 bridgehead atoms. The van der Waals surface area contributed by atoms with Crippen LogP contribution in [0.15, 0.2) is 47.1 Å². The predicted molar refractivity (Wildman–Crippen MR) is 83.0 cm³/mol. The summed E-state index contributed by atoms with van der Waals surface area (Å²) in [5.74, 6) is 0.936. The minimum atomic E-state index is -0.117. The summed E-state index contributed by atoms with van der Waals surface area (Å²) in [6.07, 6.45) is 3.33. The highest BCUT2D eigenvalue weighted by molar-refractivity contribution is 5.51. The van der Waals surface area contributed by atoms with Crippen LogP contribution < -0.4 is 5.32 Å². The van der Waals surface area contributed by atoms with E-state index in [1.54, 1.807) is 6.26 Å². The molecule has 21 heavy (non-hydrogen) atoms. The van der Waals surface area contributed by atoms with Gasteiger partial charge in [-0.1, -0.05) is 18.2 Å². The number of hydrogen-bond acceptors (Lipinski definition) is 4. The van der Waals surface area contributed by atoms with Gasteiger partial charge in [0.05, 0.1) is 18.9 Å². The molecule has 3 rings (SSSR count). The number of furan rings is 1. The van der Waals surface area contributed by atoms with E-state index in [1.807, 2.05) is 18.2 Å². The number of benzene rings is 1. The van der Waals surface area contributed by atoms with E-state index in [2.05, 4.69) is 28.4 Å². The molecule has 1 aromatic carbocycles. The highest BCUT2D eigenvalue weighted by Gasteiger charge is 2.17. The second-order valence-corrected chi connectivity index (χ2v) is 5.60. The van der Waals surface area contributed by atoms with E-state index in [1.165, 1.54) is 5.56 Å². The van der Waals surface area contributed by atoms with E-state index in [9.17, 15) is 5.11 Å². The van der Waals surface area contributed by atoms with Crippen molar-refractivity contribution in [1.29, 1.82) is 0 Å². The first-order valence-electron chi connectivity index (χ1n) is 7.56. The van der Waals surface area contributed by atoms with Gasteiger partial charge in [0.25, 0.3) is 0 Å². The van der Waals surface area contributed by atoms with Gasteiger partial charge in [-0.05, 0) is 36.6 Å². The van der Waals surface area contributed by atoms with E-state index < -0.39 is 0 Å². The molecule has 0 radical (unpaired) electrons. The van der Waals surface area contributed by atoms with E-state index >= 15 is 0 Å². The van der Waals surface area contributed by atoms with Gasteiger partial charge >= 0.3 is 0 Å². The Hall–Kier alpha value is -1.78. The summed E-state index contributed by atoms with van der Waals surface area (Å²) in [5.41, 5.74) is 2.44. The van der Waals surface area contributed by atoms with Gasteiger partial charge in [0.15, 0.2) is 0 Å². The fourth-order valence-corrected chi connectivity index (χ4v) is 2.74. The second-order valence-electron chi connectivity index (χ2n) is 5.60. The average molecular weight is 286 g/mol. The number of nitrogens with one attached hydrogen (secondary N) is 1. The standard InChI is InChI=1S/C17H22N2O2/c20-15-7-9-19(10-8-15)13-14-4-1-2-6-17(14)18-12-16-5-3-11-21-16/h1-6,11,15,18,20H,7-10,12-13H2. The number of likely N-dealkylation sites (tertiary alicyclic amines) is 1. The molecule has 4 nitrogen and oxygen atoms in total. The van der Waals surface area contributed by atoms with Crippen LogP contribution in [-0.4, -0.2) is 29.2 Å². The first-order valence-corrected chi connectivity index (χ1v) is 7.56. The van der Waals surface area contributed by atoms with Crippen molar-refractivity contribution in [3.05, 3.63) is 54.0 Å². The quantitative estimate of drug-likeness (QED) is 0.887. The summed E-state index contributed by atoms with van der Waals surface area (Å²) in [4.78, 5) is 2.40. The fourth-order valence-electron chi connectivity index (χ4n) is 2.74. The predicted octanol–water partition coefficient (Wildman–Crippen LogP) is 2.85. The van der Waals surface area contributed by atoms with Crippen LogP contribution in [0.3, 0.4) is 0 Å². The van der Waals surface area contributed by atoms with Gasteiger partial charge in [-0.15, -0.1) is 0 Å². The number of anilines is 1. The Bertz CT molecular complexity index is 546. The van der Waals surface area contributed by atoms with Crippen molar-refractivity contribution < 1.29 is 9.52 Å². The molecule has 0 saturated carbocycles. The third kappa shape index (κ3) is 3.86. The van der Waals surface area contributed by atoms with Crippen LogP contribution in [0.25, 0.3) is 0 Å². The molecule has 1 saturated heterocycles. The maximum Gasteiger partial charge on any atom is 0.122 e. The Balaban J connectivity index is 1.62. The molecule has 0 atom stereocenters. The molecule has 2 N–H and O–H groups in total. The number of aliphatic hydroxyl groups excluding tert-OH is 1. The van der Waals surface area contributed by atoms with Crippen molar-refractivity contribution in [2.75, 3.05) is 18.4 Å². The van der Waals surface area contributed by atoms with Crippen molar-refractivity contribution in [3.63, 3.8) is 0 Å². The van der Waals surface area contributed by atoms with Crippen molar-refractivity contribution in [2.45, 2.75) is 32.0 Å². The number of piperidine rings is 1. The molecular weight excluding hydrogens is 264 g/mol. The number of aliphatic hydroxyl groups is 1. The van der Waals surface area contributed by atoms with Gasteiger partial charge in [0.2, 0.25) is 0 Å². The van der Waals surface area contributed by atoms with Gasteiger partial charge in [-0.2, -0.15) is 0 Å². The molecule has 1 aromatic heterocycles. The van der Waals surface area contributed by atoms with Crippen molar-refractivity contribution >= 4 is 5.69 Å². The van der Waals surface area contributed by atoms with Gasteiger partial charge in [-0.25, -0.2) is 0 Å². The van der Waals surface area contributed by atoms with Gasteiger partial charge in [-0.3, -0.25) is 4.90 Å². The zero-order valence-electron chi connectivity index (χ0n) is 12.2. The van der Waals surface area contributed by atoms with Crippen molar-refractivity contribution in [1.82, 2.24) is 4.90 Å². The molecule has 4 heteroatoms. The zero-order chi connectivity index (χ0) is 14.5. The molecule has 0 aliphatic carbocycles. The lowest BCUT2D eigenvalue weighted by Crippen LogP contribution is -2.35. The maximum absolute atomic E-state index is 9.59. The number of nitrogens with zero attached hydrogens (tertiary/aromatic N) is 1. The Kier molecular flexibility index (Phi) is 4.58. The van der Waals surface area contributed by atoms with Crippen LogP contribution in [-0.2, 0) is 13.1 Å². The van der Waals surface area contributed by atoms with Crippen molar-refractivity contribution in [2.24, 2.45) is 0 Å². The highest BCUT2D eigenvalue weighted by Crippen LogP contribution is 2.20. The summed E-state index contributed by atoms with van der Waals surface area (Å²) in [7, 11) is 0. The Morgan fingerprint density at radius 1 is 1.14 bits per heavy atom. The number of hydrogen-bond donors (Lipinski definition) is 2. The number of rotatable bonds is 5.